The van der Waals surface area contributed by atoms with Crippen LogP contribution in [0.3, 0.4) is 0 Å². The van der Waals surface area contributed by atoms with Crippen molar-refractivity contribution in [1.29, 1.82) is 0 Å². The molecular weight excluding hydrogens is 493 g/mol. The van der Waals surface area contributed by atoms with Gasteiger partial charge in [0.15, 0.2) is 11.5 Å². The zero-order valence-corrected chi connectivity index (χ0v) is 20.2. The van der Waals surface area contributed by atoms with Crippen molar-refractivity contribution in [2.45, 2.75) is 56.5 Å². The smallest absolute Gasteiger partial charge is 0.395 e. The van der Waals surface area contributed by atoms with E-state index in [4.69, 9.17) is 0 Å². The lowest BCUT2D eigenvalue weighted by atomic mass is 9.90. The van der Waals surface area contributed by atoms with Gasteiger partial charge in [0.25, 0.3) is 0 Å². The van der Waals surface area contributed by atoms with Gasteiger partial charge in [-0.3, -0.25) is 4.79 Å². The highest BCUT2D eigenvalue weighted by atomic mass is 19.3. The van der Waals surface area contributed by atoms with Gasteiger partial charge in [-0.2, -0.15) is 0 Å². The van der Waals surface area contributed by atoms with Gasteiger partial charge in [0.2, 0.25) is 5.91 Å². The number of carbonyl (C=O) groups is 1. The summed E-state index contributed by atoms with van der Waals surface area (Å²) in [6.45, 7) is 2.86. The second-order valence-corrected chi connectivity index (χ2v) is 10.3. The van der Waals surface area contributed by atoms with Crippen molar-refractivity contribution in [2.75, 3.05) is 18.5 Å². The first-order valence-corrected chi connectivity index (χ1v) is 11.8. The SMILES string of the molecule is CC(C)(CO)c1cc2cc(NC(=O)C3(c4ccc5c(c4)OC(F)(F)O5)CC3)c(F)cc2n1C[C@H](O)CO. The average Bonchev–Trinajstić information content (AvgIpc) is 3.50. The van der Waals surface area contributed by atoms with Crippen molar-refractivity contribution in [3.8, 4) is 11.5 Å². The molecule has 2 aromatic carbocycles. The largest absolute Gasteiger partial charge is 0.586 e. The van der Waals surface area contributed by atoms with E-state index in [0.717, 1.165) is 0 Å². The molecule has 1 amide bonds. The lowest BCUT2D eigenvalue weighted by Gasteiger charge is -2.25. The predicted molar refractivity (Wildman–Crippen MR) is 127 cm³/mol. The quantitative estimate of drug-likeness (QED) is 0.362. The van der Waals surface area contributed by atoms with E-state index in [0.29, 0.717) is 35.0 Å². The topological polar surface area (TPSA) is 113 Å². The van der Waals surface area contributed by atoms with Crippen LogP contribution in [-0.2, 0) is 22.2 Å². The number of halogens is 3. The number of aliphatic hydroxyl groups excluding tert-OH is 3. The van der Waals surface area contributed by atoms with E-state index in [1.807, 2.05) is 0 Å². The van der Waals surface area contributed by atoms with Gasteiger partial charge in [0, 0.05) is 22.6 Å². The van der Waals surface area contributed by atoms with Gasteiger partial charge < -0.3 is 34.7 Å². The molecule has 1 aliphatic heterocycles. The molecule has 1 fully saturated rings. The second-order valence-electron chi connectivity index (χ2n) is 10.3. The molecule has 1 saturated carbocycles. The molecule has 198 valence electrons. The van der Waals surface area contributed by atoms with Crippen LogP contribution in [0.1, 0.15) is 37.9 Å². The number of hydrogen-bond donors (Lipinski definition) is 4. The van der Waals surface area contributed by atoms with E-state index >= 15 is 4.39 Å². The minimum atomic E-state index is -3.77. The van der Waals surface area contributed by atoms with Crippen molar-refractivity contribution in [1.82, 2.24) is 4.57 Å². The number of amides is 1. The molecule has 1 aliphatic carbocycles. The molecule has 1 aromatic heterocycles. The number of alkyl halides is 2. The fourth-order valence-corrected chi connectivity index (χ4v) is 4.75. The number of fused-ring (bicyclic) bond motifs is 2. The Hall–Kier alpha value is -3.28. The Labute approximate surface area is 210 Å². The molecule has 0 unspecified atom stereocenters. The van der Waals surface area contributed by atoms with Crippen LogP contribution in [0.2, 0.25) is 0 Å². The summed E-state index contributed by atoms with van der Waals surface area (Å²) in [6.07, 6.45) is -3.97. The molecule has 2 aliphatic rings. The van der Waals surface area contributed by atoms with Crippen molar-refractivity contribution in [3.63, 3.8) is 0 Å². The van der Waals surface area contributed by atoms with Gasteiger partial charge in [-0.25, -0.2) is 4.39 Å². The molecule has 3 aromatic rings. The van der Waals surface area contributed by atoms with Crippen LogP contribution in [0.5, 0.6) is 11.5 Å². The Balaban J connectivity index is 1.46. The maximum absolute atomic E-state index is 15.2. The fraction of sp³-hybridized carbons (Fsp3) is 0.423. The summed E-state index contributed by atoms with van der Waals surface area (Å²) < 4.78 is 52.6. The Bertz CT molecular complexity index is 1380. The van der Waals surface area contributed by atoms with E-state index in [9.17, 15) is 28.9 Å². The van der Waals surface area contributed by atoms with Crippen LogP contribution in [0.25, 0.3) is 10.9 Å². The van der Waals surface area contributed by atoms with E-state index in [1.54, 1.807) is 24.5 Å². The van der Waals surface area contributed by atoms with Gasteiger partial charge in [0.1, 0.15) is 5.82 Å². The van der Waals surface area contributed by atoms with Crippen LogP contribution in [-0.4, -0.2) is 51.4 Å². The van der Waals surface area contributed by atoms with Crippen molar-refractivity contribution in [2.24, 2.45) is 0 Å². The zero-order chi connectivity index (χ0) is 26.8. The minimum Gasteiger partial charge on any atom is -0.395 e. The Morgan fingerprint density at radius 3 is 2.49 bits per heavy atom. The molecule has 2 heterocycles. The normalized spacial score (nSPS) is 18.2. The number of nitrogens with one attached hydrogen (secondary N) is 1. The predicted octanol–water partition coefficient (Wildman–Crippen LogP) is 3.40. The van der Waals surface area contributed by atoms with Crippen LogP contribution in [0.15, 0.2) is 36.4 Å². The third-order valence-corrected chi connectivity index (χ3v) is 7.07. The Morgan fingerprint density at radius 2 is 1.84 bits per heavy atom. The van der Waals surface area contributed by atoms with Gasteiger partial charge in [-0.1, -0.05) is 19.9 Å². The number of hydrogen-bond acceptors (Lipinski definition) is 6. The highest BCUT2D eigenvalue weighted by molar-refractivity contribution is 6.02. The van der Waals surface area contributed by atoms with Crippen LogP contribution in [0, 0.1) is 5.82 Å². The van der Waals surface area contributed by atoms with E-state index in [2.05, 4.69) is 14.8 Å². The first kappa shape index (κ1) is 25.4. The third-order valence-electron chi connectivity index (χ3n) is 7.07. The van der Waals surface area contributed by atoms with Crippen LogP contribution >= 0.6 is 0 Å². The molecule has 0 bridgehead atoms. The molecule has 37 heavy (non-hydrogen) atoms. The number of anilines is 1. The number of aliphatic hydroxyl groups is 3. The van der Waals surface area contributed by atoms with Crippen molar-refractivity contribution < 1.29 is 42.8 Å². The molecule has 4 N–H and O–H groups in total. The molecule has 11 heteroatoms. The maximum Gasteiger partial charge on any atom is 0.586 e. The summed E-state index contributed by atoms with van der Waals surface area (Å²) >= 11 is 0. The third kappa shape index (κ3) is 4.41. The van der Waals surface area contributed by atoms with Crippen molar-refractivity contribution in [3.05, 3.63) is 53.5 Å². The number of nitrogens with zero attached hydrogens (tertiary/aromatic N) is 1. The molecule has 0 radical (unpaired) electrons. The van der Waals surface area contributed by atoms with Gasteiger partial charge in [-0.15, -0.1) is 8.78 Å². The second kappa shape index (κ2) is 8.64. The number of carbonyl (C=O) groups excluding carboxylic acids is 1. The standard InChI is InChI=1S/C26H27F3N2O6/c1-24(2,13-33)22-8-14-7-18(17(27)10-19(14)31(22)11-16(34)12-32)30-23(35)25(5-6-25)15-3-4-20-21(9-15)37-26(28,29)36-20/h3-4,7-10,16,32-34H,5-6,11-13H2,1-2H3,(H,30,35)/t16-/m0/s1. The molecule has 0 saturated heterocycles. The highest BCUT2D eigenvalue weighted by Crippen LogP contribution is 2.52. The molecule has 5 rings (SSSR count). The first-order chi connectivity index (χ1) is 17.4. The number of benzene rings is 2. The zero-order valence-electron chi connectivity index (χ0n) is 20.2. The molecule has 8 nitrogen and oxygen atoms in total. The van der Waals surface area contributed by atoms with Gasteiger partial charge >= 0.3 is 6.29 Å². The lowest BCUT2D eigenvalue weighted by molar-refractivity contribution is -0.286. The number of ether oxygens (including phenoxy) is 2. The maximum atomic E-state index is 15.2. The number of aromatic nitrogens is 1. The lowest BCUT2D eigenvalue weighted by Crippen LogP contribution is -2.29. The summed E-state index contributed by atoms with van der Waals surface area (Å²) in [5.41, 5.74) is -0.304. The summed E-state index contributed by atoms with van der Waals surface area (Å²) in [5.74, 6) is -1.49. The minimum absolute atomic E-state index is 0.0177. The monoisotopic (exact) mass is 520 g/mol. The van der Waals surface area contributed by atoms with Gasteiger partial charge in [-0.05, 0) is 42.7 Å². The van der Waals surface area contributed by atoms with Crippen LogP contribution in [0.4, 0.5) is 18.9 Å². The summed E-state index contributed by atoms with van der Waals surface area (Å²) in [5, 5.41) is 32.5. The average molecular weight is 521 g/mol. The van der Waals surface area contributed by atoms with Crippen LogP contribution < -0.4 is 14.8 Å². The van der Waals surface area contributed by atoms with Gasteiger partial charge in [0.05, 0.1) is 42.5 Å². The fourth-order valence-electron chi connectivity index (χ4n) is 4.75. The highest BCUT2D eigenvalue weighted by Gasteiger charge is 2.53. The Kier molecular flexibility index (Phi) is 5.93. The Morgan fingerprint density at radius 1 is 1.14 bits per heavy atom. The summed E-state index contributed by atoms with van der Waals surface area (Å²) in [7, 11) is 0. The summed E-state index contributed by atoms with van der Waals surface area (Å²) in [4.78, 5) is 13.3. The summed E-state index contributed by atoms with van der Waals surface area (Å²) in [6, 6.07) is 8.63. The molecule has 0 spiro atoms. The van der Waals surface area contributed by atoms with Crippen molar-refractivity contribution >= 4 is 22.5 Å². The first-order valence-electron chi connectivity index (χ1n) is 11.8. The molecular formula is C26H27F3N2O6. The molecule has 1 atom stereocenters. The van der Waals surface area contributed by atoms with E-state index in [-0.39, 0.29) is 30.3 Å². The van der Waals surface area contributed by atoms with E-state index < -0.39 is 41.6 Å². The van der Waals surface area contributed by atoms with E-state index in [1.165, 1.54) is 30.3 Å². The number of rotatable bonds is 8.